The highest BCUT2D eigenvalue weighted by atomic mass is 79.9. The van der Waals surface area contributed by atoms with Gasteiger partial charge in [-0.05, 0) is 51.8 Å². The Morgan fingerprint density at radius 2 is 2.00 bits per heavy atom. The molecule has 1 amide bonds. The molecule has 2 heterocycles. The first kappa shape index (κ1) is 25.0. The predicted molar refractivity (Wildman–Crippen MR) is 133 cm³/mol. The summed E-state index contributed by atoms with van der Waals surface area (Å²) in [6, 6.07) is 4.84. The molecule has 1 aliphatic rings. The molecule has 0 bridgehead atoms. The smallest absolute Gasteiger partial charge is 0.410 e. The van der Waals surface area contributed by atoms with Gasteiger partial charge in [0.15, 0.2) is 0 Å². The number of ether oxygens (including phenoxy) is 3. The quantitative estimate of drug-likeness (QED) is 0.318. The zero-order valence-corrected chi connectivity index (χ0v) is 22.9. The molecule has 1 aliphatic heterocycles. The van der Waals surface area contributed by atoms with Crippen molar-refractivity contribution in [3.05, 3.63) is 22.4 Å². The van der Waals surface area contributed by atoms with Crippen LogP contribution in [0.1, 0.15) is 45.5 Å². The van der Waals surface area contributed by atoms with E-state index in [1.807, 2.05) is 32.9 Å². The third-order valence-corrected chi connectivity index (χ3v) is 7.58. The molecule has 2 aromatic rings. The second-order valence-corrected chi connectivity index (χ2v) is 17.1. The minimum Gasteiger partial charge on any atom is -0.494 e. The van der Waals surface area contributed by atoms with Gasteiger partial charge in [0.25, 0.3) is 0 Å². The number of imidazole rings is 1. The van der Waals surface area contributed by atoms with E-state index >= 15 is 0 Å². The maximum absolute atomic E-state index is 12.9. The maximum Gasteiger partial charge on any atom is 0.410 e. The molecule has 1 fully saturated rings. The molecule has 1 aromatic carbocycles. The minimum atomic E-state index is -1.20. The van der Waals surface area contributed by atoms with E-state index in [0.717, 1.165) is 46.0 Å². The van der Waals surface area contributed by atoms with Crippen LogP contribution in [0, 0.1) is 0 Å². The van der Waals surface area contributed by atoms with Crippen molar-refractivity contribution < 1.29 is 19.0 Å². The van der Waals surface area contributed by atoms with Gasteiger partial charge < -0.3 is 14.2 Å². The van der Waals surface area contributed by atoms with Crippen LogP contribution in [-0.4, -0.2) is 54.5 Å². The Bertz CT molecular complexity index is 965. The van der Waals surface area contributed by atoms with E-state index in [0.29, 0.717) is 19.9 Å². The summed E-state index contributed by atoms with van der Waals surface area (Å²) in [6.45, 7) is 14.4. The number of rotatable bonds is 7. The highest BCUT2D eigenvalue weighted by Crippen LogP contribution is 2.38. The Hall–Kier alpha value is -1.58. The second-order valence-electron chi connectivity index (χ2n) is 10.6. The summed E-state index contributed by atoms with van der Waals surface area (Å²) < 4.78 is 20.4. The van der Waals surface area contributed by atoms with Crippen molar-refractivity contribution in [2.24, 2.45) is 0 Å². The van der Waals surface area contributed by atoms with Crippen LogP contribution in [0.5, 0.6) is 5.75 Å². The predicted octanol–water partition coefficient (Wildman–Crippen LogP) is 6.19. The van der Waals surface area contributed by atoms with Gasteiger partial charge in [-0.2, -0.15) is 0 Å². The Kier molecular flexibility index (Phi) is 7.61. The zero-order chi connectivity index (χ0) is 23.7. The summed E-state index contributed by atoms with van der Waals surface area (Å²) in [5, 5.41) is 0. The van der Waals surface area contributed by atoms with Gasteiger partial charge in [0.2, 0.25) is 0 Å². The Balaban J connectivity index is 1.98. The number of hydrogen-bond donors (Lipinski definition) is 0. The fourth-order valence-corrected chi connectivity index (χ4v) is 5.05. The molecule has 1 atom stereocenters. The molecule has 7 nitrogen and oxygen atoms in total. The normalized spacial score (nSPS) is 17.2. The van der Waals surface area contributed by atoms with E-state index < -0.39 is 13.7 Å². The number of methoxy groups -OCH3 is 1. The van der Waals surface area contributed by atoms with Gasteiger partial charge in [0.05, 0.1) is 18.7 Å². The number of hydrogen-bond acceptors (Lipinski definition) is 5. The van der Waals surface area contributed by atoms with Crippen LogP contribution in [0.25, 0.3) is 11.0 Å². The summed E-state index contributed by atoms with van der Waals surface area (Å²) >= 11 is 3.55. The first-order valence-electron chi connectivity index (χ1n) is 11.2. The second kappa shape index (κ2) is 9.73. The van der Waals surface area contributed by atoms with E-state index in [1.54, 1.807) is 12.0 Å². The average molecular weight is 527 g/mol. The standard InChI is InChI=1S/C23H36BrN3O4Si/c1-23(2,3)31-22(28)26-10-8-9-18(26)21-25-17-13-16(24)14-19(29-4)20(17)27(21)15-30-11-12-32(5,6)7/h13-14,18H,8-12,15H2,1-7H3. The van der Waals surface area contributed by atoms with E-state index in [9.17, 15) is 4.79 Å². The summed E-state index contributed by atoms with van der Waals surface area (Å²) in [5.74, 6) is 1.54. The van der Waals surface area contributed by atoms with Crippen molar-refractivity contribution in [2.75, 3.05) is 20.3 Å². The summed E-state index contributed by atoms with van der Waals surface area (Å²) in [7, 11) is 0.463. The first-order valence-corrected chi connectivity index (χ1v) is 15.7. The summed E-state index contributed by atoms with van der Waals surface area (Å²) in [5.41, 5.74) is 1.16. The number of fused-ring (bicyclic) bond motifs is 1. The number of carbonyl (C=O) groups excluding carboxylic acids is 1. The summed E-state index contributed by atoms with van der Waals surface area (Å²) in [6.07, 6.45) is 1.44. The lowest BCUT2D eigenvalue weighted by molar-refractivity contribution is 0.0205. The maximum atomic E-state index is 12.9. The fraction of sp³-hybridized carbons (Fsp3) is 0.652. The van der Waals surface area contributed by atoms with Gasteiger partial charge in [0, 0.05) is 25.7 Å². The van der Waals surface area contributed by atoms with Crippen molar-refractivity contribution in [1.29, 1.82) is 0 Å². The average Bonchev–Trinajstić information content (AvgIpc) is 3.27. The first-order chi connectivity index (χ1) is 14.9. The van der Waals surface area contributed by atoms with Gasteiger partial charge >= 0.3 is 6.09 Å². The van der Waals surface area contributed by atoms with Crippen molar-refractivity contribution in [1.82, 2.24) is 14.5 Å². The number of benzene rings is 1. The van der Waals surface area contributed by atoms with Crippen LogP contribution < -0.4 is 4.74 Å². The lowest BCUT2D eigenvalue weighted by atomic mass is 10.2. The van der Waals surface area contributed by atoms with E-state index in [4.69, 9.17) is 19.2 Å². The van der Waals surface area contributed by atoms with Gasteiger partial charge in [-0.25, -0.2) is 9.78 Å². The largest absolute Gasteiger partial charge is 0.494 e. The number of amides is 1. The SMILES string of the molecule is COc1cc(Br)cc2nc(C3CCCN3C(=O)OC(C)(C)C)n(COCC[Si](C)(C)C)c12. The molecule has 32 heavy (non-hydrogen) atoms. The third kappa shape index (κ3) is 6.05. The van der Waals surface area contributed by atoms with Crippen molar-refractivity contribution in [3.63, 3.8) is 0 Å². The molecule has 1 unspecified atom stereocenters. The molecule has 178 valence electrons. The van der Waals surface area contributed by atoms with Gasteiger partial charge in [-0.1, -0.05) is 35.6 Å². The zero-order valence-electron chi connectivity index (χ0n) is 20.3. The van der Waals surface area contributed by atoms with Gasteiger partial charge in [-0.15, -0.1) is 0 Å². The van der Waals surface area contributed by atoms with Gasteiger partial charge in [-0.3, -0.25) is 9.47 Å². The highest BCUT2D eigenvalue weighted by Gasteiger charge is 2.36. The Morgan fingerprint density at radius 3 is 2.62 bits per heavy atom. The molecule has 0 saturated carbocycles. The van der Waals surface area contributed by atoms with Crippen LogP contribution in [0.2, 0.25) is 25.7 Å². The molecule has 0 radical (unpaired) electrons. The molecule has 0 spiro atoms. The topological polar surface area (TPSA) is 65.8 Å². The van der Waals surface area contributed by atoms with Crippen molar-refractivity contribution in [2.45, 2.75) is 77.7 Å². The molecule has 1 aromatic heterocycles. The third-order valence-electron chi connectivity index (χ3n) is 5.42. The molecular formula is C23H36BrN3O4Si. The van der Waals surface area contributed by atoms with Crippen LogP contribution in [0.15, 0.2) is 16.6 Å². The number of nitrogens with zero attached hydrogens (tertiary/aromatic N) is 3. The molecule has 0 aliphatic carbocycles. The van der Waals surface area contributed by atoms with Crippen LogP contribution in [0.3, 0.4) is 0 Å². The van der Waals surface area contributed by atoms with Crippen LogP contribution in [0.4, 0.5) is 4.79 Å². The number of likely N-dealkylation sites (tertiary alicyclic amines) is 1. The Labute approximate surface area is 200 Å². The van der Waals surface area contributed by atoms with E-state index in [2.05, 4.69) is 40.1 Å². The van der Waals surface area contributed by atoms with Crippen LogP contribution >= 0.6 is 15.9 Å². The van der Waals surface area contributed by atoms with Crippen molar-refractivity contribution >= 4 is 41.1 Å². The van der Waals surface area contributed by atoms with Gasteiger partial charge in [0.1, 0.15) is 29.4 Å². The number of halogens is 1. The Morgan fingerprint density at radius 1 is 1.28 bits per heavy atom. The number of carbonyl (C=O) groups is 1. The lowest BCUT2D eigenvalue weighted by Gasteiger charge is -2.28. The molecule has 9 heteroatoms. The van der Waals surface area contributed by atoms with E-state index in [-0.39, 0.29) is 12.1 Å². The fourth-order valence-electron chi connectivity index (χ4n) is 3.86. The highest BCUT2D eigenvalue weighted by molar-refractivity contribution is 9.10. The van der Waals surface area contributed by atoms with E-state index in [1.165, 1.54) is 0 Å². The molecule has 0 N–H and O–H groups in total. The van der Waals surface area contributed by atoms with Crippen molar-refractivity contribution in [3.8, 4) is 5.75 Å². The number of aromatic nitrogens is 2. The molecule has 1 saturated heterocycles. The monoisotopic (exact) mass is 525 g/mol. The molecular weight excluding hydrogens is 490 g/mol. The summed E-state index contributed by atoms with van der Waals surface area (Å²) in [4.78, 5) is 19.7. The molecule has 3 rings (SSSR count). The van der Waals surface area contributed by atoms with Crippen LogP contribution in [-0.2, 0) is 16.2 Å². The minimum absolute atomic E-state index is 0.165. The lowest BCUT2D eigenvalue weighted by Crippen LogP contribution is -2.37.